The zero-order valence-electron chi connectivity index (χ0n) is 11.3. The Morgan fingerprint density at radius 3 is 2.68 bits per heavy atom. The summed E-state index contributed by atoms with van der Waals surface area (Å²) in [6, 6.07) is 7.05. The highest BCUT2D eigenvalue weighted by molar-refractivity contribution is 5.89. The SMILES string of the molecule is CC(C)Oc1ccc(NC(=O)NC2CCCO2)cc1. The number of urea groups is 1. The van der Waals surface area contributed by atoms with Gasteiger partial charge in [0.15, 0.2) is 0 Å². The Hall–Kier alpha value is -1.75. The van der Waals surface area contributed by atoms with Gasteiger partial charge >= 0.3 is 6.03 Å². The van der Waals surface area contributed by atoms with Gasteiger partial charge < -0.3 is 20.1 Å². The molecule has 1 aliphatic heterocycles. The lowest BCUT2D eigenvalue weighted by molar-refractivity contribution is 0.0928. The van der Waals surface area contributed by atoms with E-state index >= 15 is 0 Å². The van der Waals surface area contributed by atoms with E-state index in [1.54, 1.807) is 0 Å². The van der Waals surface area contributed by atoms with Crippen LogP contribution < -0.4 is 15.4 Å². The van der Waals surface area contributed by atoms with E-state index in [0.29, 0.717) is 6.61 Å². The molecule has 1 unspecified atom stereocenters. The quantitative estimate of drug-likeness (QED) is 0.879. The molecule has 1 atom stereocenters. The average Bonchev–Trinajstić information content (AvgIpc) is 2.83. The second-order valence-electron chi connectivity index (χ2n) is 4.79. The second-order valence-corrected chi connectivity index (χ2v) is 4.79. The van der Waals surface area contributed by atoms with Crippen LogP contribution >= 0.6 is 0 Å². The van der Waals surface area contributed by atoms with Crippen molar-refractivity contribution in [3.63, 3.8) is 0 Å². The van der Waals surface area contributed by atoms with Crippen molar-refractivity contribution in [2.45, 2.75) is 39.0 Å². The van der Waals surface area contributed by atoms with Gasteiger partial charge in [-0.1, -0.05) is 0 Å². The van der Waals surface area contributed by atoms with E-state index in [9.17, 15) is 4.79 Å². The van der Waals surface area contributed by atoms with Gasteiger partial charge in [-0.25, -0.2) is 4.79 Å². The molecule has 1 aromatic carbocycles. The van der Waals surface area contributed by atoms with Gasteiger partial charge in [0, 0.05) is 12.3 Å². The number of carbonyl (C=O) groups excluding carboxylic acids is 1. The maximum absolute atomic E-state index is 11.7. The molecule has 1 heterocycles. The van der Waals surface area contributed by atoms with Gasteiger partial charge in [-0.15, -0.1) is 0 Å². The highest BCUT2D eigenvalue weighted by Gasteiger charge is 2.17. The maximum Gasteiger partial charge on any atom is 0.321 e. The Kier molecular flexibility index (Phi) is 4.63. The van der Waals surface area contributed by atoms with Gasteiger partial charge in [-0.05, 0) is 51.0 Å². The predicted molar refractivity (Wildman–Crippen MR) is 73.3 cm³/mol. The molecule has 1 aliphatic rings. The predicted octanol–water partition coefficient (Wildman–Crippen LogP) is 2.73. The third kappa shape index (κ3) is 4.44. The monoisotopic (exact) mass is 264 g/mol. The maximum atomic E-state index is 11.7. The molecule has 2 N–H and O–H groups in total. The average molecular weight is 264 g/mol. The summed E-state index contributed by atoms with van der Waals surface area (Å²) in [6.45, 7) is 4.66. The van der Waals surface area contributed by atoms with Crippen molar-refractivity contribution in [1.29, 1.82) is 0 Å². The van der Waals surface area contributed by atoms with Crippen molar-refractivity contribution in [2.24, 2.45) is 0 Å². The van der Waals surface area contributed by atoms with Crippen LogP contribution in [-0.4, -0.2) is 25.0 Å². The van der Waals surface area contributed by atoms with E-state index in [4.69, 9.17) is 9.47 Å². The fourth-order valence-corrected chi connectivity index (χ4v) is 1.89. The van der Waals surface area contributed by atoms with Crippen LogP contribution in [0.5, 0.6) is 5.75 Å². The minimum Gasteiger partial charge on any atom is -0.491 e. The number of hydrogen-bond acceptors (Lipinski definition) is 3. The summed E-state index contributed by atoms with van der Waals surface area (Å²) in [4.78, 5) is 11.7. The summed E-state index contributed by atoms with van der Waals surface area (Å²) in [6.07, 6.45) is 1.84. The number of rotatable bonds is 4. The Labute approximate surface area is 113 Å². The molecule has 5 heteroatoms. The van der Waals surface area contributed by atoms with Gasteiger partial charge in [-0.3, -0.25) is 0 Å². The smallest absolute Gasteiger partial charge is 0.321 e. The molecule has 0 spiro atoms. The summed E-state index contributed by atoms with van der Waals surface area (Å²) < 4.78 is 10.9. The normalized spacial score (nSPS) is 18.4. The minimum absolute atomic E-state index is 0.140. The molecule has 0 aromatic heterocycles. The zero-order valence-corrected chi connectivity index (χ0v) is 11.3. The Morgan fingerprint density at radius 1 is 1.37 bits per heavy atom. The summed E-state index contributed by atoms with van der Waals surface area (Å²) in [7, 11) is 0. The summed E-state index contributed by atoms with van der Waals surface area (Å²) in [5.74, 6) is 0.792. The first-order valence-corrected chi connectivity index (χ1v) is 6.59. The summed E-state index contributed by atoms with van der Waals surface area (Å²) in [5.41, 5.74) is 0.728. The van der Waals surface area contributed by atoms with E-state index in [-0.39, 0.29) is 18.4 Å². The van der Waals surface area contributed by atoms with Crippen molar-refractivity contribution in [1.82, 2.24) is 5.32 Å². The van der Waals surface area contributed by atoms with Gasteiger partial charge in [0.1, 0.15) is 12.0 Å². The first-order chi connectivity index (χ1) is 9.13. The molecule has 0 aliphatic carbocycles. The van der Waals surface area contributed by atoms with Gasteiger partial charge in [0.05, 0.1) is 6.10 Å². The topological polar surface area (TPSA) is 59.6 Å². The zero-order chi connectivity index (χ0) is 13.7. The lowest BCUT2D eigenvalue weighted by atomic mass is 10.3. The van der Waals surface area contributed by atoms with Crippen molar-refractivity contribution < 1.29 is 14.3 Å². The molecule has 1 saturated heterocycles. The second kappa shape index (κ2) is 6.43. The molecule has 104 valence electrons. The van der Waals surface area contributed by atoms with Crippen LogP contribution in [0.25, 0.3) is 0 Å². The summed E-state index contributed by atoms with van der Waals surface area (Å²) in [5, 5.41) is 5.53. The van der Waals surface area contributed by atoms with Crippen LogP contribution in [0.3, 0.4) is 0 Å². The fourth-order valence-electron chi connectivity index (χ4n) is 1.89. The molecule has 1 aromatic rings. The summed E-state index contributed by atoms with van der Waals surface area (Å²) >= 11 is 0. The first kappa shape index (κ1) is 13.7. The molecule has 2 rings (SSSR count). The van der Waals surface area contributed by atoms with Crippen molar-refractivity contribution >= 4 is 11.7 Å². The molecule has 0 radical (unpaired) electrons. The van der Waals surface area contributed by atoms with E-state index in [1.165, 1.54) is 0 Å². The third-order valence-corrected chi connectivity index (χ3v) is 2.71. The highest BCUT2D eigenvalue weighted by atomic mass is 16.5. The van der Waals surface area contributed by atoms with E-state index in [1.807, 2.05) is 38.1 Å². The molecule has 5 nitrogen and oxygen atoms in total. The van der Waals surface area contributed by atoms with E-state index in [2.05, 4.69) is 10.6 Å². The Morgan fingerprint density at radius 2 is 2.11 bits per heavy atom. The van der Waals surface area contributed by atoms with E-state index in [0.717, 1.165) is 24.3 Å². The molecule has 1 fully saturated rings. The number of amides is 2. The fraction of sp³-hybridized carbons (Fsp3) is 0.500. The van der Waals surface area contributed by atoms with Crippen LogP contribution in [-0.2, 0) is 4.74 Å². The molecule has 0 bridgehead atoms. The molecule has 19 heavy (non-hydrogen) atoms. The van der Waals surface area contributed by atoms with Crippen LogP contribution in [0.2, 0.25) is 0 Å². The molecule has 0 saturated carbocycles. The Balaban J connectivity index is 1.82. The number of carbonyl (C=O) groups is 1. The van der Waals surface area contributed by atoms with Crippen molar-refractivity contribution in [3.05, 3.63) is 24.3 Å². The number of nitrogens with one attached hydrogen (secondary N) is 2. The van der Waals surface area contributed by atoms with Gasteiger partial charge in [-0.2, -0.15) is 0 Å². The van der Waals surface area contributed by atoms with Gasteiger partial charge in [0.2, 0.25) is 0 Å². The van der Waals surface area contributed by atoms with Gasteiger partial charge in [0.25, 0.3) is 0 Å². The number of benzene rings is 1. The lowest BCUT2D eigenvalue weighted by Crippen LogP contribution is -2.37. The molecule has 2 amide bonds. The molecular formula is C14H20N2O3. The number of ether oxygens (including phenoxy) is 2. The molecular weight excluding hydrogens is 244 g/mol. The third-order valence-electron chi connectivity index (χ3n) is 2.71. The van der Waals surface area contributed by atoms with Crippen molar-refractivity contribution in [2.75, 3.05) is 11.9 Å². The Bertz CT molecular complexity index is 411. The van der Waals surface area contributed by atoms with Crippen molar-refractivity contribution in [3.8, 4) is 5.75 Å². The number of anilines is 1. The van der Waals surface area contributed by atoms with Crippen LogP contribution in [0, 0.1) is 0 Å². The van der Waals surface area contributed by atoms with Crippen LogP contribution in [0.4, 0.5) is 10.5 Å². The van der Waals surface area contributed by atoms with Crippen LogP contribution in [0.15, 0.2) is 24.3 Å². The van der Waals surface area contributed by atoms with E-state index < -0.39 is 0 Å². The lowest BCUT2D eigenvalue weighted by Gasteiger charge is -2.13. The largest absolute Gasteiger partial charge is 0.491 e. The number of hydrogen-bond donors (Lipinski definition) is 2. The standard InChI is InChI=1S/C14H20N2O3/c1-10(2)19-12-7-5-11(6-8-12)15-14(17)16-13-4-3-9-18-13/h5-8,10,13H,3-4,9H2,1-2H3,(H2,15,16,17). The minimum atomic E-state index is -0.246. The highest BCUT2D eigenvalue weighted by Crippen LogP contribution is 2.17. The van der Waals surface area contributed by atoms with Crippen LogP contribution in [0.1, 0.15) is 26.7 Å². The first-order valence-electron chi connectivity index (χ1n) is 6.59.